The second-order valence-electron chi connectivity index (χ2n) is 6.62. The van der Waals surface area contributed by atoms with Gasteiger partial charge in [-0.2, -0.15) is 0 Å². The van der Waals surface area contributed by atoms with E-state index in [-0.39, 0.29) is 11.5 Å². The van der Waals surface area contributed by atoms with Gasteiger partial charge in [0.15, 0.2) is 0 Å². The Balaban J connectivity index is 2.31. The molecule has 18 heavy (non-hydrogen) atoms. The number of aromatic nitrogens is 2. The highest BCUT2D eigenvalue weighted by Crippen LogP contribution is 2.34. The zero-order valence-corrected chi connectivity index (χ0v) is 12.0. The number of aryl methyl sites for hydroxylation is 1. The van der Waals surface area contributed by atoms with Crippen LogP contribution >= 0.6 is 0 Å². The summed E-state index contributed by atoms with van der Waals surface area (Å²) >= 11 is 0. The van der Waals surface area contributed by atoms with E-state index in [0.717, 1.165) is 11.5 Å². The lowest BCUT2D eigenvalue weighted by Crippen LogP contribution is -2.28. The maximum Gasteiger partial charge on any atom is 0.146 e. The third kappa shape index (κ3) is 2.89. The van der Waals surface area contributed by atoms with Gasteiger partial charge < -0.3 is 5.73 Å². The highest BCUT2D eigenvalue weighted by molar-refractivity contribution is 5.17. The van der Waals surface area contributed by atoms with Crippen molar-refractivity contribution in [2.75, 3.05) is 0 Å². The molecular formula is C15H25N3. The molecule has 1 unspecified atom stereocenters. The van der Waals surface area contributed by atoms with Crippen molar-refractivity contribution in [3.63, 3.8) is 0 Å². The van der Waals surface area contributed by atoms with Crippen LogP contribution in [0.3, 0.4) is 0 Å². The molecule has 1 saturated carbocycles. The van der Waals surface area contributed by atoms with Crippen molar-refractivity contribution in [1.82, 2.24) is 9.97 Å². The van der Waals surface area contributed by atoms with E-state index in [9.17, 15) is 0 Å². The fourth-order valence-electron chi connectivity index (χ4n) is 2.57. The van der Waals surface area contributed by atoms with Crippen LogP contribution in [-0.4, -0.2) is 9.97 Å². The average Bonchev–Trinajstić information content (AvgIpc) is 2.79. The van der Waals surface area contributed by atoms with Crippen LogP contribution in [-0.2, 0) is 0 Å². The van der Waals surface area contributed by atoms with Crippen molar-refractivity contribution in [3.05, 3.63) is 23.3 Å². The highest BCUT2D eigenvalue weighted by atomic mass is 14.9. The predicted octanol–water partition coefficient (Wildman–Crippen LogP) is 3.49. The van der Waals surface area contributed by atoms with Gasteiger partial charge in [0.1, 0.15) is 5.82 Å². The minimum Gasteiger partial charge on any atom is -0.321 e. The molecule has 1 fully saturated rings. The molecule has 100 valence electrons. The van der Waals surface area contributed by atoms with Crippen molar-refractivity contribution < 1.29 is 0 Å². The molecule has 0 aromatic carbocycles. The minimum atomic E-state index is -0.0995. The molecule has 0 saturated heterocycles. The maximum absolute atomic E-state index is 6.28. The number of rotatable bonds is 2. The van der Waals surface area contributed by atoms with E-state index in [4.69, 9.17) is 10.7 Å². The van der Waals surface area contributed by atoms with Gasteiger partial charge in [0.2, 0.25) is 0 Å². The van der Waals surface area contributed by atoms with Gasteiger partial charge in [0.25, 0.3) is 0 Å². The zero-order chi connectivity index (χ0) is 13.3. The summed E-state index contributed by atoms with van der Waals surface area (Å²) in [4.78, 5) is 9.28. The van der Waals surface area contributed by atoms with E-state index >= 15 is 0 Å². The largest absolute Gasteiger partial charge is 0.321 e. The maximum atomic E-state index is 6.28. The molecule has 2 rings (SSSR count). The van der Waals surface area contributed by atoms with Crippen LogP contribution in [0, 0.1) is 12.3 Å². The van der Waals surface area contributed by atoms with Crippen LogP contribution < -0.4 is 5.73 Å². The molecule has 1 aliphatic carbocycles. The summed E-state index contributed by atoms with van der Waals surface area (Å²) in [5, 5.41) is 0. The molecule has 3 nitrogen and oxygen atoms in total. The second kappa shape index (κ2) is 4.96. The van der Waals surface area contributed by atoms with E-state index in [1.54, 1.807) is 0 Å². The lowest BCUT2D eigenvalue weighted by atomic mass is 9.86. The Kier molecular flexibility index (Phi) is 3.71. The van der Waals surface area contributed by atoms with Crippen molar-refractivity contribution in [2.24, 2.45) is 11.1 Å². The molecule has 1 aromatic rings. The zero-order valence-electron chi connectivity index (χ0n) is 12.0. The standard InChI is InChI=1S/C15H25N3/c1-10-9-12(11-7-5-6-8-11)18-14(17-10)13(16)15(2,3)4/h9,11,13H,5-8,16H2,1-4H3. The lowest BCUT2D eigenvalue weighted by molar-refractivity contribution is 0.314. The number of nitrogens with zero attached hydrogens (tertiary/aromatic N) is 2. The van der Waals surface area contributed by atoms with Gasteiger partial charge in [-0.3, -0.25) is 0 Å². The van der Waals surface area contributed by atoms with Crippen molar-refractivity contribution in [2.45, 2.75) is 65.3 Å². The molecule has 0 aliphatic heterocycles. The lowest BCUT2D eigenvalue weighted by Gasteiger charge is -2.26. The first kappa shape index (κ1) is 13.5. The molecule has 1 atom stereocenters. The molecule has 0 spiro atoms. The first-order valence-electron chi connectivity index (χ1n) is 6.99. The Labute approximate surface area is 110 Å². The predicted molar refractivity (Wildman–Crippen MR) is 74.4 cm³/mol. The molecule has 2 N–H and O–H groups in total. The molecule has 1 aromatic heterocycles. The van der Waals surface area contributed by atoms with Gasteiger partial charge in [-0.1, -0.05) is 33.6 Å². The Morgan fingerprint density at radius 3 is 2.39 bits per heavy atom. The van der Waals surface area contributed by atoms with Gasteiger partial charge in [-0.05, 0) is 31.2 Å². The van der Waals surface area contributed by atoms with Gasteiger partial charge in [-0.25, -0.2) is 9.97 Å². The first-order chi connectivity index (χ1) is 8.38. The van der Waals surface area contributed by atoms with Gasteiger partial charge in [0.05, 0.1) is 6.04 Å². The summed E-state index contributed by atoms with van der Waals surface area (Å²) in [6.07, 6.45) is 5.18. The molecule has 0 bridgehead atoms. The summed E-state index contributed by atoms with van der Waals surface area (Å²) in [5.41, 5.74) is 8.53. The van der Waals surface area contributed by atoms with Crippen LogP contribution in [0.25, 0.3) is 0 Å². The number of hydrogen-bond donors (Lipinski definition) is 1. The molecule has 3 heteroatoms. The Morgan fingerprint density at radius 1 is 1.22 bits per heavy atom. The van der Waals surface area contributed by atoms with E-state index in [1.807, 2.05) is 6.92 Å². The van der Waals surface area contributed by atoms with Gasteiger partial charge in [0, 0.05) is 17.3 Å². The summed E-state index contributed by atoms with van der Waals surface area (Å²) < 4.78 is 0. The van der Waals surface area contributed by atoms with Crippen molar-refractivity contribution >= 4 is 0 Å². The fraction of sp³-hybridized carbons (Fsp3) is 0.733. The van der Waals surface area contributed by atoms with Crippen LogP contribution in [0.2, 0.25) is 0 Å². The SMILES string of the molecule is Cc1cc(C2CCCC2)nc(C(N)C(C)(C)C)n1. The molecule has 0 amide bonds. The van der Waals surface area contributed by atoms with Crippen LogP contribution in [0.15, 0.2) is 6.07 Å². The summed E-state index contributed by atoms with van der Waals surface area (Å²) in [6.45, 7) is 8.45. The topological polar surface area (TPSA) is 51.8 Å². The average molecular weight is 247 g/mol. The van der Waals surface area contributed by atoms with Gasteiger partial charge >= 0.3 is 0 Å². The number of nitrogens with two attached hydrogens (primary N) is 1. The smallest absolute Gasteiger partial charge is 0.146 e. The van der Waals surface area contributed by atoms with E-state index < -0.39 is 0 Å². The fourth-order valence-corrected chi connectivity index (χ4v) is 2.57. The normalized spacial score (nSPS) is 19.2. The highest BCUT2D eigenvalue weighted by Gasteiger charge is 2.27. The van der Waals surface area contributed by atoms with E-state index in [2.05, 4.69) is 31.8 Å². The molecule has 0 radical (unpaired) electrons. The monoisotopic (exact) mass is 247 g/mol. The minimum absolute atomic E-state index is 0.000733. The Morgan fingerprint density at radius 2 is 1.83 bits per heavy atom. The van der Waals surface area contributed by atoms with Crippen LogP contribution in [0.5, 0.6) is 0 Å². The van der Waals surface area contributed by atoms with Gasteiger partial charge in [-0.15, -0.1) is 0 Å². The van der Waals surface area contributed by atoms with Crippen LogP contribution in [0.4, 0.5) is 0 Å². The first-order valence-corrected chi connectivity index (χ1v) is 6.99. The summed E-state index contributed by atoms with van der Waals surface area (Å²) in [5.74, 6) is 1.43. The Bertz CT molecular complexity index is 414. The van der Waals surface area contributed by atoms with E-state index in [0.29, 0.717) is 5.92 Å². The summed E-state index contributed by atoms with van der Waals surface area (Å²) in [6, 6.07) is 2.03. The Hall–Kier alpha value is -0.960. The molecule has 1 heterocycles. The second-order valence-corrected chi connectivity index (χ2v) is 6.62. The van der Waals surface area contributed by atoms with Crippen LogP contribution in [0.1, 0.15) is 75.6 Å². The van der Waals surface area contributed by atoms with E-state index in [1.165, 1.54) is 31.4 Å². The third-order valence-electron chi connectivity index (χ3n) is 3.88. The molecular weight excluding hydrogens is 222 g/mol. The van der Waals surface area contributed by atoms with Crippen molar-refractivity contribution in [3.8, 4) is 0 Å². The quantitative estimate of drug-likeness (QED) is 0.870. The number of hydrogen-bond acceptors (Lipinski definition) is 3. The summed E-state index contributed by atoms with van der Waals surface area (Å²) in [7, 11) is 0. The third-order valence-corrected chi connectivity index (χ3v) is 3.88. The van der Waals surface area contributed by atoms with Crippen molar-refractivity contribution in [1.29, 1.82) is 0 Å². The molecule has 1 aliphatic rings.